The van der Waals surface area contributed by atoms with Crippen LogP contribution < -0.4 is 20.1 Å². The molecule has 2 N–H and O–H groups in total. The lowest BCUT2D eigenvalue weighted by Crippen LogP contribution is -2.33. The molecule has 2 aromatic rings. The predicted molar refractivity (Wildman–Crippen MR) is 89.4 cm³/mol. The molecule has 1 aliphatic heterocycles. The van der Waals surface area contributed by atoms with Crippen LogP contribution in [-0.4, -0.2) is 31.6 Å². The number of amides is 2. The first-order valence-corrected chi connectivity index (χ1v) is 7.95. The van der Waals surface area contributed by atoms with Crippen molar-refractivity contribution in [1.29, 1.82) is 0 Å². The maximum absolute atomic E-state index is 13.1. The van der Waals surface area contributed by atoms with Gasteiger partial charge in [0.2, 0.25) is 5.91 Å². The first-order chi connectivity index (χ1) is 12.5. The number of hydrogen-bond donors (Lipinski definition) is 2. The van der Waals surface area contributed by atoms with Crippen molar-refractivity contribution in [1.82, 2.24) is 5.32 Å². The Morgan fingerprint density at radius 2 is 1.65 bits per heavy atom. The number of nitrogens with one attached hydrogen (secondary N) is 2. The van der Waals surface area contributed by atoms with Crippen molar-refractivity contribution in [2.75, 3.05) is 25.1 Å². The minimum Gasteiger partial charge on any atom is -0.490 e. The van der Waals surface area contributed by atoms with E-state index in [4.69, 9.17) is 9.47 Å². The lowest BCUT2D eigenvalue weighted by atomic mass is 10.2. The van der Waals surface area contributed by atoms with Gasteiger partial charge < -0.3 is 20.1 Å². The molecule has 1 aliphatic rings. The highest BCUT2D eigenvalue weighted by Gasteiger charge is 2.13. The molecule has 2 amide bonds. The summed E-state index contributed by atoms with van der Waals surface area (Å²) >= 11 is 0. The van der Waals surface area contributed by atoms with Gasteiger partial charge in [-0.2, -0.15) is 0 Å². The molecule has 3 rings (SSSR count). The maximum Gasteiger partial charge on any atom is 0.251 e. The van der Waals surface area contributed by atoms with E-state index < -0.39 is 23.4 Å². The summed E-state index contributed by atoms with van der Waals surface area (Å²) in [7, 11) is 0. The second-order valence-electron chi connectivity index (χ2n) is 5.60. The zero-order chi connectivity index (χ0) is 18.5. The smallest absolute Gasteiger partial charge is 0.251 e. The fourth-order valence-corrected chi connectivity index (χ4v) is 2.39. The van der Waals surface area contributed by atoms with Crippen LogP contribution in [0.25, 0.3) is 0 Å². The van der Waals surface area contributed by atoms with E-state index in [1.54, 1.807) is 18.2 Å². The van der Waals surface area contributed by atoms with Crippen LogP contribution in [0.15, 0.2) is 36.4 Å². The van der Waals surface area contributed by atoms with Crippen molar-refractivity contribution in [2.24, 2.45) is 0 Å². The number of hydrogen-bond acceptors (Lipinski definition) is 4. The number of benzene rings is 2. The minimum atomic E-state index is -0.869. The average molecular weight is 362 g/mol. The Kier molecular flexibility index (Phi) is 5.31. The van der Waals surface area contributed by atoms with Gasteiger partial charge in [-0.05, 0) is 24.3 Å². The van der Waals surface area contributed by atoms with E-state index in [1.165, 1.54) is 0 Å². The third-order valence-corrected chi connectivity index (χ3v) is 3.57. The van der Waals surface area contributed by atoms with Crippen molar-refractivity contribution in [3.8, 4) is 11.5 Å². The van der Waals surface area contributed by atoms with Gasteiger partial charge in [0.15, 0.2) is 11.5 Å². The maximum atomic E-state index is 13.1. The molecule has 0 atom stereocenters. The third kappa shape index (κ3) is 4.47. The fraction of sp³-hybridized carbons (Fsp3) is 0.222. The number of halogens is 2. The Labute approximate surface area is 148 Å². The summed E-state index contributed by atoms with van der Waals surface area (Å²) in [5, 5.41) is 4.91. The number of fused-ring (bicyclic) bond motifs is 1. The molecular formula is C18H16F2N2O4. The van der Waals surface area contributed by atoms with Crippen LogP contribution in [0, 0.1) is 11.6 Å². The monoisotopic (exact) mass is 362 g/mol. The summed E-state index contributed by atoms with van der Waals surface area (Å²) in [6, 6.07) is 7.40. The molecule has 2 aromatic carbocycles. The van der Waals surface area contributed by atoms with Crippen molar-refractivity contribution >= 4 is 17.5 Å². The molecule has 0 radical (unpaired) electrons. The Balaban J connectivity index is 1.57. The average Bonchev–Trinajstić information content (AvgIpc) is 2.83. The van der Waals surface area contributed by atoms with Crippen molar-refractivity contribution in [3.63, 3.8) is 0 Å². The molecule has 26 heavy (non-hydrogen) atoms. The SMILES string of the molecule is O=C(CNC(=O)c1cc(F)cc(F)c1)Nc1ccc2c(c1)OCCCO2. The zero-order valence-corrected chi connectivity index (χ0v) is 13.7. The van der Waals surface area contributed by atoms with Crippen molar-refractivity contribution in [3.05, 3.63) is 53.6 Å². The van der Waals surface area contributed by atoms with Gasteiger partial charge in [0, 0.05) is 29.8 Å². The normalized spacial score (nSPS) is 12.8. The number of carbonyl (C=O) groups is 2. The van der Waals surface area contributed by atoms with Gasteiger partial charge in [-0.1, -0.05) is 0 Å². The Morgan fingerprint density at radius 3 is 2.38 bits per heavy atom. The fourth-order valence-electron chi connectivity index (χ4n) is 2.39. The highest BCUT2D eigenvalue weighted by molar-refractivity contribution is 5.99. The molecule has 1 heterocycles. The van der Waals surface area contributed by atoms with Crippen LogP contribution in [0.4, 0.5) is 14.5 Å². The molecule has 0 bridgehead atoms. The molecule has 0 aromatic heterocycles. The molecule has 136 valence electrons. The lowest BCUT2D eigenvalue weighted by Gasteiger charge is -2.11. The molecule has 0 saturated carbocycles. The molecule has 0 aliphatic carbocycles. The van der Waals surface area contributed by atoms with Crippen LogP contribution in [0.2, 0.25) is 0 Å². The molecule has 0 spiro atoms. The van der Waals surface area contributed by atoms with Crippen molar-refractivity contribution < 1.29 is 27.8 Å². The number of rotatable bonds is 4. The van der Waals surface area contributed by atoms with Crippen molar-refractivity contribution in [2.45, 2.75) is 6.42 Å². The molecule has 0 saturated heterocycles. The van der Waals surface area contributed by atoms with Crippen LogP contribution in [0.1, 0.15) is 16.8 Å². The van der Waals surface area contributed by atoms with E-state index in [2.05, 4.69) is 10.6 Å². The van der Waals surface area contributed by atoms with Gasteiger partial charge in [-0.25, -0.2) is 8.78 Å². The number of carbonyl (C=O) groups excluding carboxylic acids is 2. The summed E-state index contributed by atoms with van der Waals surface area (Å²) in [6.07, 6.45) is 0.767. The van der Waals surface area contributed by atoms with E-state index in [1.807, 2.05) is 0 Å². The minimum absolute atomic E-state index is 0.203. The van der Waals surface area contributed by atoms with E-state index in [0.29, 0.717) is 36.5 Å². The van der Waals surface area contributed by atoms with Gasteiger partial charge in [0.05, 0.1) is 19.8 Å². The quantitative estimate of drug-likeness (QED) is 0.876. The molecule has 0 fully saturated rings. The van der Waals surface area contributed by atoms with E-state index in [0.717, 1.165) is 18.6 Å². The summed E-state index contributed by atoms with van der Waals surface area (Å²) in [4.78, 5) is 23.8. The Hall–Kier alpha value is -3.16. The summed E-state index contributed by atoms with van der Waals surface area (Å²) in [5.41, 5.74) is 0.274. The highest BCUT2D eigenvalue weighted by Crippen LogP contribution is 2.32. The highest BCUT2D eigenvalue weighted by atomic mass is 19.1. The van der Waals surface area contributed by atoms with Gasteiger partial charge in [0.1, 0.15) is 11.6 Å². The van der Waals surface area contributed by atoms with E-state index in [9.17, 15) is 18.4 Å². The van der Waals surface area contributed by atoms with Crippen LogP contribution in [0.3, 0.4) is 0 Å². The van der Waals surface area contributed by atoms with Gasteiger partial charge in [-0.3, -0.25) is 9.59 Å². The Bertz CT molecular complexity index is 822. The summed E-state index contributed by atoms with van der Waals surface area (Å²) in [6.45, 7) is 0.724. The molecular weight excluding hydrogens is 346 g/mol. The van der Waals surface area contributed by atoms with Crippen LogP contribution in [0.5, 0.6) is 11.5 Å². The molecule has 6 nitrogen and oxygen atoms in total. The van der Waals surface area contributed by atoms with Gasteiger partial charge in [0.25, 0.3) is 5.91 Å². The Morgan fingerprint density at radius 1 is 0.962 bits per heavy atom. The zero-order valence-electron chi connectivity index (χ0n) is 13.7. The second kappa shape index (κ2) is 7.81. The number of anilines is 1. The van der Waals surface area contributed by atoms with Gasteiger partial charge in [-0.15, -0.1) is 0 Å². The van der Waals surface area contributed by atoms with E-state index >= 15 is 0 Å². The standard InChI is InChI=1S/C18H16F2N2O4/c19-12-6-11(7-13(20)8-12)18(24)21-10-17(23)22-14-2-3-15-16(9-14)26-5-1-4-25-15/h2-3,6-9H,1,4-5,10H2,(H,21,24)(H,22,23). The largest absolute Gasteiger partial charge is 0.490 e. The summed E-state index contributed by atoms with van der Waals surface area (Å²) in [5.74, 6) is -1.86. The first kappa shape index (κ1) is 17.7. The number of ether oxygens (including phenoxy) is 2. The molecule has 8 heteroatoms. The van der Waals surface area contributed by atoms with E-state index in [-0.39, 0.29) is 12.1 Å². The van der Waals surface area contributed by atoms with Gasteiger partial charge >= 0.3 is 0 Å². The predicted octanol–water partition coefficient (Wildman–Crippen LogP) is 2.49. The third-order valence-electron chi connectivity index (χ3n) is 3.57. The lowest BCUT2D eigenvalue weighted by molar-refractivity contribution is -0.115. The second-order valence-corrected chi connectivity index (χ2v) is 5.60. The molecule has 0 unspecified atom stereocenters. The topological polar surface area (TPSA) is 76.7 Å². The van der Waals surface area contributed by atoms with Crippen LogP contribution in [-0.2, 0) is 4.79 Å². The first-order valence-electron chi connectivity index (χ1n) is 7.95. The summed E-state index contributed by atoms with van der Waals surface area (Å²) < 4.78 is 37.3. The van der Waals surface area contributed by atoms with Crippen LogP contribution >= 0.6 is 0 Å².